The van der Waals surface area contributed by atoms with Crippen molar-refractivity contribution in [1.82, 2.24) is 69.1 Å². The van der Waals surface area contributed by atoms with Crippen molar-refractivity contribution in [2.45, 2.75) is 224 Å². The Hall–Kier alpha value is -8.51. The van der Waals surface area contributed by atoms with Crippen molar-refractivity contribution < 1.29 is 112 Å². The number of aliphatic hydroxyl groups excluding tert-OH is 4. The topological polar surface area (TPSA) is 646 Å². The number of carbonyl (C=O) groups is 17. The van der Waals surface area contributed by atoms with Gasteiger partial charge in [-0.25, -0.2) is 4.79 Å². The molecule has 0 spiro atoms. The van der Waals surface area contributed by atoms with Gasteiger partial charge in [-0.3, -0.25) is 76.7 Å². The highest BCUT2D eigenvalue weighted by Crippen LogP contribution is 2.13. The molecular formula is C59H102N16O23S2. The summed E-state index contributed by atoms with van der Waals surface area (Å²) in [5.74, 6) is -20.2. The molecule has 0 aromatic rings. The second-order valence-corrected chi connectivity index (χ2v) is 26.1. The van der Waals surface area contributed by atoms with E-state index in [0.717, 1.165) is 27.7 Å². The lowest BCUT2D eigenvalue weighted by molar-refractivity contribution is -0.143. The van der Waals surface area contributed by atoms with E-state index in [4.69, 9.17) is 22.3 Å². The Labute approximate surface area is 586 Å². The first kappa shape index (κ1) is 91.5. The van der Waals surface area contributed by atoms with E-state index < -0.39 is 248 Å². The van der Waals surface area contributed by atoms with E-state index in [-0.39, 0.29) is 25.0 Å². The third kappa shape index (κ3) is 33.1. The Balaban J connectivity index is 6.55. The fourth-order valence-electron chi connectivity index (χ4n) is 8.83. The van der Waals surface area contributed by atoms with Crippen LogP contribution in [0.4, 0.5) is 0 Å². The number of rotatable bonds is 48. The highest BCUT2D eigenvalue weighted by molar-refractivity contribution is 7.98. The lowest BCUT2D eigenvalue weighted by Gasteiger charge is -2.30. The maximum absolute atomic E-state index is 14.0. The number of thioether (sulfide) groups is 2. The Morgan fingerprint density at radius 2 is 0.690 bits per heavy atom. The molecule has 0 rings (SSSR count). The van der Waals surface area contributed by atoms with Crippen LogP contribution in [-0.2, 0) is 81.5 Å². The maximum Gasteiger partial charge on any atom is 0.326 e. The van der Waals surface area contributed by atoms with Crippen molar-refractivity contribution >= 4 is 124 Å². The third-order valence-corrected chi connectivity index (χ3v) is 16.3. The summed E-state index contributed by atoms with van der Waals surface area (Å²) >= 11 is 2.58. The van der Waals surface area contributed by atoms with Gasteiger partial charge in [-0.1, -0.05) is 34.1 Å². The SMILES string of the molecule is CC[C@H](C)[C@H](NC(=O)[C@@H](NC(=O)[C@H](C)NC(=O)[C@@H](NC(=O)[C@H](CC(N)=O)NC(=O)[C@@H](NC(=O)[C@@H](NC(=O)[C@H](CCC(N)=O)NC(=O)[C@H](CO)NC(=O)[C@H](CCSC)NC(=O)[C@H](C)NC(=O)[C@H](CCC(=O)O)NC(=O)[C@H](C)N)C(C)C)[C@@H](C)O)[C@@H](C)O)[C@@H](C)O)C(=O)N[C@@H](CCSC)C(=O)O. The van der Waals surface area contributed by atoms with Gasteiger partial charge in [0.15, 0.2) is 0 Å². The number of nitrogens with two attached hydrogens (primary N) is 3. The number of amides is 15. The maximum atomic E-state index is 14.0. The van der Waals surface area contributed by atoms with E-state index >= 15 is 0 Å². The second kappa shape index (κ2) is 46.0. The van der Waals surface area contributed by atoms with Gasteiger partial charge in [0.2, 0.25) is 88.6 Å². The lowest BCUT2D eigenvalue weighted by Crippen LogP contribution is -2.64. The number of carboxylic acids is 2. The second-order valence-electron chi connectivity index (χ2n) is 24.1. The number of primary amides is 2. The number of hydrogen-bond acceptors (Lipinski definition) is 24. The van der Waals surface area contributed by atoms with Crippen LogP contribution in [0.25, 0.3) is 0 Å². The molecule has 41 heteroatoms. The third-order valence-electron chi connectivity index (χ3n) is 15.1. The molecule has 0 radical (unpaired) electrons. The number of aliphatic hydroxyl groups is 4. The van der Waals surface area contributed by atoms with E-state index in [2.05, 4.69) is 69.1 Å². The molecule has 0 aliphatic carbocycles. The molecule has 25 N–H and O–H groups in total. The molecule has 15 amide bonds. The Kier molecular flexibility index (Phi) is 42.1. The van der Waals surface area contributed by atoms with E-state index in [1.165, 1.54) is 51.2 Å². The van der Waals surface area contributed by atoms with Crippen LogP contribution in [0.5, 0.6) is 0 Å². The van der Waals surface area contributed by atoms with Gasteiger partial charge in [0, 0.05) is 12.8 Å². The molecule has 100 heavy (non-hydrogen) atoms. The largest absolute Gasteiger partial charge is 0.481 e. The highest BCUT2D eigenvalue weighted by Gasteiger charge is 2.40. The normalized spacial score (nSPS) is 16.6. The van der Waals surface area contributed by atoms with Crippen LogP contribution >= 0.6 is 23.5 Å². The highest BCUT2D eigenvalue weighted by atomic mass is 32.2. The minimum atomic E-state index is -2.04. The summed E-state index contributed by atoms with van der Waals surface area (Å²) in [4.78, 5) is 224. The van der Waals surface area contributed by atoms with E-state index in [9.17, 15) is 107 Å². The Morgan fingerprint density at radius 3 is 1.13 bits per heavy atom. The molecule has 0 bridgehead atoms. The van der Waals surface area contributed by atoms with Crippen molar-refractivity contribution in [1.29, 1.82) is 0 Å². The number of aliphatic carboxylic acids is 2. The molecule has 0 unspecified atom stereocenters. The fourth-order valence-corrected chi connectivity index (χ4v) is 9.78. The van der Waals surface area contributed by atoms with Crippen molar-refractivity contribution in [3.63, 3.8) is 0 Å². The van der Waals surface area contributed by atoms with Crippen LogP contribution in [0.2, 0.25) is 0 Å². The summed E-state index contributed by atoms with van der Waals surface area (Å²) in [6, 6.07) is -22.9. The minimum Gasteiger partial charge on any atom is -0.481 e. The van der Waals surface area contributed by atoms with Gasteiger partial charge in [0.05, 0.1) is 37.4 Å². The molecule has 0 heterocycles. The molecule has 0 aliphatic rings. The summed E-state index contributed by atoms with van der Waals surface area (Å²) in [5, 5.41) is 90.9. The van der Waals surface area contributed by atoms with Crippen LogP contribution in [-0.4, -0.2) is 265 Å². The number of hydrogen-bond donors (Lipinski definition) is 22. The summed E-state index contributed by atoms with van der Waals surface area (Å²) in [6.07, 6.45) is -4.72. The van der Waals surface area contributed by atoms with Crippen LogP contribution in [0.15, 0.2) is 0 Å². The number of nitrogens with one attached hydrogen (secondary N) is 13. The molecule has 568 valence electrons. The first-order chi connectivity index (χ1) is 46.5. The van der Waals surface area contributed by atoms with Crippen LogP contribution in [0.3, 0.4) is 0 Å². The van der Waals surface area contributed by atoms with E-state index in [0.29, 0.717) is 12.2 Å². The first-order valence-corrected chi connectivity index (χ1v) is 34.6. The zero-order chi connectivity index (χ0) is 77.2. The average molecular weight is 1470 g/mol. The average Bonchev–Trinajstić information content (AvgIpc) is 0.854. The molecule has 18 atom stereocenters. The summed E-state index contributed by atoms with van der Waals surface area (Å²) in [6.45, 7) is 11.7. The van der Waals surface area contributed by atoms with Crippen molar-refractivity contribution in [2.24, 2.45) is 29.0 Å². The zero-order valence-electron chi connectivity index (χ0n) is 57.9. The quantitative estimate of drug-likeness (QED) is 0.0269. The van der Waals surface area contributed by atoms with E-state index in [1.54, 1.807) is 26.4 Å². The van der Waals surface area contributed by atoms with Crippen molar-refractivity contribution in [3.05, 3.63) is 0 Å². The van der Waals surface area contributed by atoms with Crippen LogP contribution in [0.1, 0.15) is 121 Å². The predicted octanol–water partition coefficient (Wildman–Crippen LogP) is -8.89. The molecule has 0 saturated carbocycles. The standard InChI is InChI=1S/C59H102N16O23S2/c1-13-25(4)42(55(93)68-35(59(97)98)19-21-100-12)72-58(96)45(31(10)79)73-48(86)28(7)64-56(94)43(29(8)77)74-52(90)36(22-39(62)81)69-57(95)44(30(9)78)75-54(92)41(24(2)3)71-51(89)32(14-16-38(61)80)67-53(91)37(23-76)70-50(88)34(18-20-99-11)66-47(85)27(6)63-49(87)33(15-17-40(82)83)65-46(84)26(5)60/h24-37,41-45,76-79H,13-23,60H2,1-12H3,(H2,61,80)(H2,62,81)(H,63,87)(H,64,94)(H,65,84)(H,66,85)(H,67,91)(H,68,93)(H,69,95)(H,70,88)(H,71,89)(H,72,96)(H,73,86)(H,74,90)(H,75,92)(H,82,83)(H,97,98)/t25-,26-,27-,28-,29+,30+,31+,32-,33-,34-,35-,36-,37-,41-,42-,43-,44-,45-/m0/s1. The fraction of sp³-hybridized carbons (Fsp3) is 0.712. The van der Waals surface area contributed by atoms with Gasteiger partial charge in [-0.2, -0.15) is 23.5 Å². The van der Waals surface area contributed by atoms with Gasteiger partial charge >= 0.3 is 11.9 Å². The van der Waals surface area contributed by atoms with Crippen molar-refractivity contribution in [3.8, 4) is 0 Å². The summed E-state index contributed by atoms with van der Waals surface area (Å²) in [7, 11) is 0. The van der Waals surface area contributed by atoms with Gasteiger partial charge < -0.3 is 117 Å². The van der Waals surface area contributed by atoms with Crippen LogP contribution < -0.4 is 86.3 Å². The number of carboxylic acid groups (broad SMARTS) is 2. The molecule has 0 aromatic carbocycles. The predicted molar refractivity (Wildman–Crippen MR) is 359 cm³/mol. The van der Waals surface area contributed by atoms with Gasteiger partial charge in [-0.15, -0.1) is 0 Å². The summed E-state index contributed by atoms with van der Waals surface area (Å²) in [5.41, 5.74) is 16.3. The van der Waals surface area contributed by atoms with Crippen molar-refractivity contribution in [2.75, 3.05) is 30.6 Å². The Bertz CT molecular complexity index is 2860. The van der Waals surface area contributed by atoms with Gasteiger partial charge in [0.1, 0.15) is 78.5 Å². The van der Waals surface area contributed by atoms with Crippen LogP contribution in [0, 0.1) is 11.8 Å². The Morgan fingerprint density at radius 1 is 0.370 bits per heavy atom. The summed E-state index contributed by atoms with van der Waals surface area (Å²) < 4.78 is 0. The number of carbonyl (C=O) groups excluding carboxylic acids is 15. The zero-order valence-corrected chi connectivity index (χ0v) is 59.6. The molecule has 0 saturated heterocycles. The first-order valence-electron chi connectivity index (χ1n) is 31.8. The molecule has 39 nitrogen and oxygen atoms in total. The minimum absolute atomic E-state index is 0.0583. The van der Waals surface area contributed by atoms with Gasteiger partial charge in [0.25, 0.3) is 0 Å². The van der Waals surface area contributed by atoms with E-state index in [1.807, 2.05) is 0 Å². The molecule has 0 aliphatic heterocycles. The smallest absolute Gasteiger partial charge is 0.326 e. The monoisotopic (exact) mass is 1470 g/mol. The molecule has 0 aromatic heterocycles. The molecular weight excluding hydrogens is 1360 g/mol. The molecule has 0 fully saturated rings. The lowest BCUT2D eigenvalue weighted by atomic mass is 9.97. The van der Waals surface area contributed by atoms with Gasteiger partial charge in [-0.05, 0) is 103 Å².